The van der Waals surface area contributed by atoms with Crippen LogP contribution in [0.3, 0.4) is 0 Å². The molecule has 7 heteroatoms. The van der Waals surface area contributed by atoms with Crippen LogP contribution in [-0.2, 0) is 0 Å². The maximum absolute atomic E-state index is 13.2. The summed E-state index contributed by atoms with van der Waals surface area (Å²) in [5, 5.41) is 1.19. The van der Waals surface area contributed by atoms with Crippen LogP contribution in [0, 0.1) is 6.92 Å². The Balaban J connectivity index is 0.00000450. The number of carbonyl (C=O) groups is 1. The van der Waals surface area contributed by atoms with E-state index < -0.39 is 0 Å². The van der Waals surface area contributed by atoms with Crippen LogP contribution in [0.4, 0.5) is 0 Å². The van der Waals surface area contributed by atoms with Crippen molar-refractivity contribution in [3.63, 3.8) is 0 Å². The summed E-state index contributed by atoms with van der Waals surface area (Å²) in [6, 6.07) is 9.14. The maximum atomic E-state index is 13.2. The molecule has 0 aliphatic rings. The first-order chi connectivity index (χ1) is 13.6. The van der Waals surface area contributed by atoms with Crippen molar-refractivity contribution in [3.8, 4) is 17.2 Å². The SMILES string of the molecule is Cc1cccc(Cl)c1C(=O)Pc1c(OC(C)C)cc(OC(C)C)cc1OC(C)C.[LiH]. The molecule has 0 fully saturated rings. The fourth-order valence-electron chi connectivity index (χ4n) is 2.82. The van der Waals surface area contributed by atoms with E-state index in [-0.39, 0.29) is 51.3 Å². The van der Waals surface area contributed by atoms with Gasteiger partial charge in [-0.15, -0.1) is 0 Å². The molecule has 160 valence electrons. The molecule has 30 heavy (non-hydrogen) atoms. The van der Waals surface area contributed by atoms with Gasteiger partial charge >= 0.3 is 18.9 Å². The van der Waals surface area contributed by atoms with Crippen molar-refractivity contribution in [1.29, 1.82) is 0 Å². The van der Waals surface area contributed by atoms with Crippen molar-refractivity contribution in [3.05, 3.63) is 46.5 Å². The monoisotopic (exact) mass is 444 g/mol. The van der Waals surface area contributed by atoms with Crippen LogP contribution in [0.15, 0.2) is 30.3 Å². The van der Waals surface area contributed by atoms with Crippen LogP contribution in [0.25, 0.3) is 0 Å². The summed E-state index contributed by atoms with van der Waals surface area (Å²) in [4.78, 5) is 13.2. The zero-order valence-electron chi connectivity index (χ0n) is 18.1. The molecule has 0 heterocycles. The first-order valence-electron chi connectivity index (χ1n) is 9.83. The first-order valence-corrected chi connectivity index (χ1v) is 11.2. The molecule has 0 amide bonds. The Morgan fingerprint density at radius 2 is 1.40 bits per heavy atom. The third-order valence-electron chi connectivity index (χ3n) is 3.82. The number of benzene rings is 2. The predicted molar refractivity (Wildman–Crippen MR) is 129 cm³/mol. The second kappa shape index (κ2) is 12.0. The average Bonchev–Trinajstić information content (AvgIpc) is 2.56. The van der Waals surface area contributed by atoms with Crippen LogP contribution in [0.1, 0.15) is 57.5 Å². The second-order valence-electron chi connectivity index (χ2n) is 7.68. The van der Waals surface area contributed by atoms with Crippen LogP contribution in [-0.4, -0.2) is 42.7 Å². The van der Waals surface area contributed by atoms with Gasteiger partial charge < -0.3 is 14.2 Å². The molecule has 0 bridgehead atoms. The standard InChI is InChI=1S/C23H30ClO4P.Li.H/c1-13(2)26-17-11-19(27-14(3)4)22(20(12-17)28-15(5)6)29-23(25)21-16(7)9-8-10-18(21)24;;/h8-15,29H,1-7H3;;. The Morgan fingerprint density at radius 1 is 0.900 bits per heavy atom. The number of ether oxygens (including phenoxy) is 3. The van der Waals surface area contributed by atoms with Gasteiger partial charge in [0.2, 0.25) is 0 Å². The van der Waals surface area contributed by atoms with Gasteiger partial charge in [-0.1, -0.05) is 23.7 Å². The molecule has 2 aromatic rings. The van der Waals surface area contributed by atoms with E-state index in [0.29, 0.717) is 27.8 Å². The van der Waals surface area contributed by atoms with Gasteiger partial charge in [-0.2, -0.15) is 0 Å². The van der Waals surface area contributed by atoms with Gasteiger partial charge in [0.05, 0.1) is 28.6 Å². The molecular weight excluding hydrogens is 414 g/mol. The third kappa shape index (κ3) is 7.51. The van der Waals surface area contributed by atoms with Crippen molar-refractivity contribution < 1.29 is 19.0 Å². The molecule has 0 aliphatic heterocycles. The molecular formula is C23H31ClLiO4P. The molecule has 0 saturated carbocycles. The zero-order valence-corrected chi connectivity index (χ0v) is 19.9. The number of carbonyl (C=O) groups excluding carboxylic acids is 1. The number of hydrogen-bond acceptors (Lipinski definition) is 4. The summed E-state index contributed by atoms with van der Waals surface area (Å²) >= 11 is 6.32. The number of aryl methyl sites for hydroxylation is 1. The third-order valence-corrected chi connectivity index (χ3v) is 5.36. The summed E-state index contributed by atoms with van der Waals surface area (Å²) in [5.41, 5.74) is 1.35. The molecule has 1 unspecified atom stereocenters. The minimum absolute atomic E-state index is 0. The molecule has 4 nitrogen and oxygen atoms in total. The average molecular weight is 445 g/mol. The molecule has 2 rings (SSSR count). The molecule has 0 N–H and O–H groups in total. The Labute approximate surface area is 199 Å². The molecule has 1 atom stereocenters. The van der Waals surface area contributed by atoms with Gasteiger partial charge in [0.25, 0.3) is 0 Å². The van der Waals surface area contributed by atoms with Crippen molar-refractivity contribution >= 4 is 49.9 Å². The van der Waals surface area contributed by atoms with Gasteiger partial charge in [-0.05, 0) is 68.7 Å². The normalized spacial score (nSPS) is 11.3. The van der Waals surface area contributed by atoms with Crippen LogP contribution >= 0.6 is 20.2 Å². The number of hydrogen-bond donors (Lipinski definition) is 0. The molecule has 2 aromatic carbocycles. The van der Waals surface area contributed by atoms with Crippen LogP contribution in [0.5, 0.6) is 17.2 Å². The first kappa shape index (κ1) is 26.9. The summed E-state index contributed by atoms with van der Waals surface area (Å²) in [6.07, 6.45) is -0.108. The Bertz CT molecular complexity index is 817. The van der Waals surface area contributed by atoms with E-state index in [9.17, 15) is 4.79 Å². The van der Waals surface area contributed by atoms with E-state index in [1.54, 1.807) is 6.07 Å². The fraction of sp³-hybridized carbons (Fsp3) is 0.435. The number of halogens is 1. The van der Waals surface area contributed by atoms with Crippen molar-refractivity contribution in [2.24, 2.45) is 0 Å². The minimum atomic E-state index is -0.191. The van der Waals surface area contributed by atoms with E-state index in [4.69, 9.17) is 25.8 Å². The fourth-order valence-corrected chi connectivity index (χ4v) is 4.40. The van der Waals surface area contributed by atoms with E-state index in [0.717, 1.165) is 10.9 Å². The van der Waals surface area contributed by atoms with E-state index in [2.05, 4.69) is 0 Å². The van der Waals surface area contributed by atoms with Gasteiger partial charge in [0.1, 0.15) is 17.2 Å². The summed E-state index contributed by atoms with van der Waals surface area (Å²) in [7, 11) is -0.191. The Morgan fingerprint density at radius 3 is 1.83 bits per heavy atom. The van der Waals surface area contributed by atoms with Crippen LogP contribution < -0.4 is 19.5 Å². The molecule has 0 aromatic heterocycles. The predicted octanol–water partition coefficient (Wildman–Crippen LogP) is 5.51. The van der Waals surface area contributed by atoms with E-state index >= 15 is 0 Å². The van der Waals surface area contributed by atoms with Crippen molar-refractivity contribution in [2.45, 2.75) is 66.8 Å². The quantitative estimate of drug-likeness (QED) is 0.378. The molecule has 0 saturated heterocycles. The van der Waals surface area contributed by atoms with Gasteiger partial charge in [-0.25, -0.2) is 0 Å². The summed E-state index contributed by atoms with van der Waals surface area (Å²) in [5.74, 6) is 1.86. The summed E-state index contributed by atoms with van der Waals surface area (Å²) < 4.78 is 18.0. The second-order valence-corrected chi connectivity index (χ2v) is 9.29. The Kier molecular flexibility index (Phi) is 10.8. The van der Waals surface area contributed by atoms with Gasteiger partial charge in [0.15, 0.2) is 5.52 Å². The van der Waals surface area contributed by atoms with E-state index in [1.165, 1.54) is 0 Å². The van der Waals surface area contributed by atoms with E-state index in [1.807, 2.05) is 72.7 Å². The number of rotatable bonds is 9. The van der Waals surface area contributed by atoms with Crippen molar-refractivity contribution in [2.75, 3.05) is 0 Å². The summed E-state index contributed by atoms with van der Waals surface area (Å²) in [6.45, 7) is 13.6. The van der Waals surface area contributed by atoms with Crippen molar-refractivity contribution in [1.82, 2.24) is 0 Å². The van der Waals surface area contributed by atoms with Gasteiger partial charge in [-0.3, -0.25) is 4.79 Å². The topological polar surface area (TPSA) is 44.8 Å². The molecule has 0 spiro atoms. The molecule has 0 radical (unpaired) electrons. The zero-order chi connectivity index (χ0) is 21.7. The molecule has 0 aliphatic carbocycles. The van der Waals surface area contributed by atoms with Crippen LogP contribution in [0.2, 0.25) is 5.02 Å². The van der Waals surface area contributed by atoms with Gasteiger partial charge in [0, 0.05) is 17.7 Å². The Hall–Kier alpha value is -1.17.